The molecule has 0 N–H and O–H groups in total. The number of aryl methyl sites for hydroxylation is 1. The molecule has 0 saturated carbocycles. The van der Waals surface area contributed by atoms with Gasteiger partial charge in [-0.25, -0.2) is 0 Å². The zero-order valence-corrected chi connectivity index (χ0v) is 13.5. The standard InChI is InChI=1S/C17H19N3O4/c1-12-18-15(24-19-12)11-23-17(22)14-9-16(21)20(10-14)8-7-13-5-3-2-4-6-13/h2-6,14H,7-11H2,1H3/t14-/m1/s1. The van der Waals surface area contributed by atoms with E-state index in [1.807, 2.05) is 30.3 Å². The highest BCUT2D eigenvalue weighted by molar-refractivity contribution is 5.86. The number of hydrogen-bond acceptors (Lipinski definition) is 6. The molecule has 2 aromatic rings. The summed E-state index contributed by atoms with van der Waals surface area (Å²) in [4.78, 5) is 29.9. The summed E-state index contributed by atoms with van der Waals surface area (Å²) in [5.41, 5.74) is 1.17. The van der Waals surface area contributed by atoms with Gasteiger partial charge in [0.2, 0.25) is 5.91 Å². The Labute approximate surface area is 139 Å². The third-order valence-corrected chi connectivity index (χ3v) is 3.97. The van der Waals surface area contributed by atoms with Crippen molar-refractivity contribution in [1.82, 2.24) is 15.0 Å². The van der Waals surface area contributed by atoms with Gasteiger partial charge in [-0.15, -0.1) is 0 Å². The first-order valence-corrected chi connectivity index (χ1v) is 7.89. The van der Waals surface area contributed by atoms with E-state index in [1.54, 1.807) is 11.8 Å². The summed E-state index contributed by atoms with van der Waals surface area (Å²) in [7, 11) is 0. The summed E-state index contributed by atoms with van der Waals surface area (Å²) >= 11 is 0. The van der Waals surface area contributed by atoms with Crippen molar-refractivity contribution >= 4 is 11.9 Å². The van der Waals surface area contributed by atoms with Crippen molar-refractivity contribution in [1.29, 1.82) is 0 Å². The number of rotatable bonds is 6. The molecule has 1 saturated heterocycles. The van der Waals surface area contributed by atoms with Crippen molar-refractivity contribution in [3.05, 3.63) is 47.6 Å². The Morgan fingerprint density at radius 3 is 2.88 bits per heavy atom. The van der Waals surface area contributed by atoms with Crippen LogP contribution in [-0.2, 0) is 27.4 Å². The predicted molar refractivity (Wildman–Crippen MR) is 83.7 cm³/mol. The summed E-state index contributed by atoms with van der Waals surface area (Å²) in [5, 5.41) is 3.63. The van der Waals surface area contributed by atoms with Crippen LogP contribution in [0.5, 0.6) is 0 Å². The monoisotopic (exact) mass is 329 g/mol. The van der Waals surface area contributed by atoms with Crippen molar-refractivity contribution in [2.75, 3.05) is 13.1 Å². The number of nitrogens with zero attached hydrogens (tertiary/aromatic N) is 3. The molecule has 0 spiro atoms. The Morgan fingerprint density at radius 1 is 1.38 bits per heavy atom. The van der Waals surface area contributed by atoms with Gasteiger partial charge in [0.15, 0.2) is 12.4 Å². The molecule has 24 heavy (non-hydrogen) atoms. The number of carbonyl (C=O) groups is 2. The van der Waals surface area contributed by atoms with Crippen LogP contribution in [0.25, 0.3) is 0 Å². The molecule has 2 heterocycles. The second kappa shape index (κ2) is 7.25. The van der Waals surface area contributed by atoms with Crippen molar-refractivity contribution in [2.24, 2.45) is 5.92 Å². The van der Waals surface area contributed by atoms with Gasteiger partial charge in [0.05, 0.1) is 5.92 Å². The number of esters is 1. The van der Waals surface area contributed by atoms with Crippen LogP contribution in [0.4, 0.5) is 0 Å². The lowest BCUT2D eigenvalue weighted by Gasteiger charge is -2.16. The van der Waals surface area contributed by atoms with Crippen LogP contribution < -0.4 is 0 Å². The highest BCUT2D eigenvalue weighted by Crippen LogP contribution is 2.20. The summed E-state index contributed by atoms with van der Waals surface area (Å²) < 4.78 is 10.1. The van der Waals surface area contributed by atoms with Gasteiger partial charge >= 0.3 is 5.97 Å². The smallest absolute Gasteiger partial charge is 0.311 e. The van der Waals surface area contributed by atoms with Crippen molar-refractivity contribution in [3.63, 3.8) is 0 Å². The van der Waals surface area contributed by atoms with Gasteiger partial charge in [-0.3, -0.25) is 9.59 Å². The summed E-state index contributed by atoms with van der Waals surface area (Å²) in [6.45, 7) is 2.63. The summed E-state index contributed by atoms with van der Waals surface area (Å²) in [6, 6.07) is 9.96. The number of likely N-dealkylation sites (tertiary alicyclic amines) is 1. The molecule has 0 bridgehead atoms. The van der Waals surface area contributed by atoms with E-state index >= 15 is 0 Å². The lowest BCUT2D eigenvalue weighted by Crippen LogP contribution is -2.28. The normalized spacial score (nSPS) is 17.3. The van der Waals surface area contributed by atoms with Gasteiger partial charge in [0.1, 0.15) is 0 Å². The molecular weight excluding hydrogens is 310 g/mol. The predicted octanol–water partition coefficient (Wildman–Crippen LogP) is 1.51. The van der Waals surface area contributed by atoms with E-state index in [-0.39, 0.29) is 24.8 Å². The minimum Gasteiger partial charge on any atom is -0.455 e. The van der Waals surface area contributed by atoms with Crippen LogP contribution in [0.3, 0.4) is 0 Å². The molecule has 1 fully saturated rings. The maximum atomic E-state index is 12.1. The lowest BCUT2D eigenvalue weighted by molar-refractivity contribution is -0.150. The lowest BCUT2D eigenvalue weighted by atomic mass is 10.1. The van der Waals surface area contributed by atoms with Gasteiger partial charge in [0, 0.05) is 19.5 Å². The second-order valence-corrected chi connectivity index (χ2v) is 5.82. The van der Waals surface area contributed by atoms with E-state index in [4.69, 9.17) is 9.26 Å². The average molecular weight is 329 g/mol. The Kier molecular flexibility index (Phi) is 4.88. The first kappa shape index (κ1) is 16.2. The largest absolute Gasteiger partial charge is 0.455 e. The molecule has 3 rings (SSSR count). The van der Waals surface area contributed by atoms with Crippen LogP contribution >= 0.6 is 0 Å². The number of aromatic nitrogens is 2. The fraction of sp³-hybridized carbons (Fsp3) is 0.412. The van der Waals surface area contributed by atoms with Crippen LogP contribution in [0.2, 0.25) is 0 Å². The maximum Gasteiger partial charge on any atom is 0.311 e. The van der Waals surface area contributed by atoms with E-state index in [9.17, 15) is 9.59 Å². The molecule has 1 amide bonds. The molecule has 0 aliphatic carbocycles. The number of hydrogen-bond donors (Lipinski definition) is 0. The topological polar surface area (TPSA) is 85.5 Å². The first-order valence-electron chi connectivity index (χ1n) is 7.89. The van der Waals surface area contributed by atoms with Gasteiger partial charge in [0.25, 0.3) is 5.89 Å². The van der Waals surface area contributed by atoms with Gasteiger partial charge in [-0.1, -0.05) is 35.5 Å². The minimum absolute atomic E-state index is 0.0125. The molecular formula is C17H19N3O4. The first-order chi connectivity index (χ1) is 11.6. The Balaban J connectivity index is 1.47. The molecule has 7 nitrogen and oxygen atoms in total. The Hall–Kier alpha value is -2.70. The zero-order chi connectivity index (χ0) is 16.9. The quantitative estimate of drug-likeness (QED) is 0.747. The van der Waals surface area contributed by atoms with E-state index < -0.39 is 11.9 Å². The van der Waals surface area contributed by atoms with Gasteiger partial charge < -0.3 is 14.2 Å². The van der Waals surface area contributed by atoms with E-state index in [2.05, 4.69) is 10.1 Å². The fourth-order valence-electron chi connectivity index (χ4n) is 2.70. The van der Waals surface area contributed by atoms with Crippen LogP contribution in [0.1, 0.15) is 23.7 Å². The average Bonchev–Trinajstić information content (AvgIpc) is 3.17. The molecule has 0 unspecified atom stereocenters. The highest BCUT2D eigenvalue weighted by Gasteiger charge is 2.35. The molecule has 0 radical (unpaired) electrons. The zero-order valence-electron chi connectivity index (χ0n) is 13.5. The van der Waals surface area contributed by atoms with Crippen LogP contribution in [0.15, 0.2) is 34.9 Å². The third kappa shape index (κ3) is 3.98. The molecule has 1 aliphatic heterocycles. The van der Waals surface area contributed by atoms with E-state index in [0.29, 0.717) is 18.9 Å². The molecule has 1 aromatic heterocycles. The van der Waals surface area contributed by atoms with Crippen molar-refractivity contribution in [2.45, 2.75) is 26.4 Å². The Bertz CT molecular complexity index is 714. The number of ether oxygens (including phenoxy) is 1. The third-order valence-electron chi connectivity index (χ3n) is 3.97. The molecule has 126 valence electrons. The summed E-state index contributed by atoms with van der Waals surface area (Å²) in [5.74, 6) is -0.101. The van der Waals surface area contributed by atoms with E-state index in [0.717, 1.165) is 6.42 Å². The number of carbonyl (C=O) groups excluding carboxylic acids is 2. The van der Waals surface area contributed by atoms with Crippen LogP contribution in [0, 0.1) is 12.8 Å². The second-order valence-electron chi connectivity index (χ2n) is 5.82. The molecule has 7 heteroatoms. The number of benzene rings is 1. The fourth-order valence-corrected chi connectivity index (χ4v) is 2.70. The minimum atomic E-state index is -0.433. The van der Waals surface area contributed by atoms with Crippen molar-refractivity contribution in [3.8, 4) is 0 Å². The molecule has 1 aromatic carbocycles. The maximum absolute atomic E-state index is 12.1. The van der Waals surface area contributed by atoms with E-state index in [1.165, 1.54) is 5.56 Å². The van der Waals surface area contributed by atoms with Crippen molar-refractivity contribution < 1.29 is 18.8 Å². The Morgan fingerprint density at radius 2 is 2.17 bits per heavy atom. The number of amides is 1. The SMILES string of the molecule is Cc1noc(COC(=O)[C@@H]2CC(=O)N(CCc3ccccc3)C2)n1. The molecule has 1 aliphatic rings. The molecule has 1 atom stereocenters. The van der Waals surface area contributed by atoms with Gasteiger partial charge in [-0.2, -0.15) is 4.98 Å². The highest BCUT2D eigenvalue weighted by atomic mass is 16.6. The van der Waals surface area contributed by atoms with Crippen LogP contribution in [-0.4, -0.2) is 40.0 Å². The summed E-state index contributed by atoms with van der Waals surface area (Å²) in [6.07, 6.45) is 0.964. The van der Waals surface area contributed by atoms with Gasteiger partial charge in [-0.05, 0) is 18.9 Å².